The van der Waals surface area contributed by atoms with Crippen LogP contribution >= 0.6 is 0 Å². The molecule has 16 heavy (non-hydrogen) atoms. The van der Waals surface area contributed by atoms with Crippen LogP contribution < -0.4 is 0 Å². The van der Waals surface area contributed by atoms with Gasteiger partial charge in [-0.3, -0.25) is 0 Å². The van der Waals surface area contributed by atoms with Crippen molar-refractivity contribution < 1.29 is 14.7 Å². The fraction of sp³-hybridized carbons (Fsp3) is 0.385. The molecule has 0 aliphatic heterocycles. The van der Waals surface area contributed by atoms with E-state index >= 15 is 0 Å². The minimum Gasteiger partial charge on any atom is -0.389 e. The lowest BCUT2D eigenvalue weighted by Gasteiger charge is -2.34. The van der Waals surface area contributed by atoms with E-state index < -0.39 is 11.0 Å². The van der Waals surface area contributed by atoms with Crippen LogP contribution in [0.3, 0.4) is 0 Å². The van der Waals surface area contributed by atoms with E-state index in [4.69, 9.17) is 0 Å². The van der Waals surface area contributed by atoms with Gasteiger partial charge in [0.1, 0.15) is 18.0 Å². The fourth-order valence-electron chi connectivity index (χ4n) is 1.55. The summed E-state index contributed by atoms with van der Waals surface area (Å²) in [5.41, 5.74) is -1.90. The monoisotopic (exact) mass is 220 g/mol. The number of aliphatic hydroxyl groups is 1. The van der Waals surface area contributed by atoms with Crippen molar-refractivity contribution in [3.8, 4) is 0 Å². The van der Waals surface area contributed by atoms with Gasteiger partial charge in [0.15, 0.2) is 0 Å². The lowest BCUT2D eigenvalue weighted by Crippen LogP contribution is -2.48. The highest BCUT2D eigenvalue weighted by atomic mass is 16.3. The van der Waals surface area contributed by atoms with E-state index in [2.05, 4.69) is 0 Å². The van der Waals surface area contributed by atoms with Gasteiger partial charge in [-0.1, -0.05) is 30.3 Å². The molecule has 0 aliphatic carbocycles. The lowest BCUT2D eigenvalue weighted by molar-refractivity contribution is -0.141. The molecule has 0 bridgehead atoms. The third-order valence-electron chi connectivity index (χ3n) is 2.90. The normalized spacial score (nSPS) is 12.2. The molecule has 0 fully saturated rings. The zero-order chi connectivity index (χ0) is 12.2. The minimum atomic E-state index is -1.38. The smallest absolute Gasteiger partial charge is 0.136 e. The molecule has 86 valence electrons. The van der Waals surface area contributed by atoms with Crippen molar-refractivity contribution in [2.45, 2.75) is 25.9 Å². The Balaban J connectivity index is 3.06. The maximum atomic E-state index is 11.1. The zero-order valence-corrected chi connectivity index (χ0v) is 9.51. The number of carbonyl (C=O) groups is 2. The van der Waals surface area contributed by atoms with Crippen LogP contribution in [0.15, 0.2) is 30.3 Å². The van der Waals surface area contributed by atoms with Crippen molar-refractivity contribution >= 4 is 12.6 Å². The topological polar surface area (TPSA) is 54.4 Å². The minimum absolute atomic E-state index is 0.213. The molecule has 0 atom stereocenters. The molecule has 1 aromatic rings. The van der Waals surface area contributed by atoms with E-state index in [9.17, 15) is 14.7 Å². The predicted molar refractivity (Wildman–Crippen MR) is 61.0 cm³/mol. The molecular weight excluding hydrogens is 204 g/mol. The zero-order valence-electron chi connectivity index (χ0n) is 9.51. The Morgan fingerprint density at radius 3 is 2.00 bits per heavy atom. The van der Waals surface area contributed by atoms with E-state index in [1.807, 2.05) is 30.3 Å². The average molecular weight is 220 g/mol. The molecule has 1 N–H and O–H groups in total. The summed E-state index contributed by atoms with van der Waals surface area (Å²) < 4.78 is 0. The molecule has 0 radical (unpaired) electrons. The first-order valence-electron chi connectivity index (χ1n) is 5.14. The first-order valence-corrected chi connectivity index (χ1v) is 5.14. The van der Waals surface area contributed by atoms with Gasteiger partial charge in [0.25, 0.3) is 0 Å². The van der Waals surface area contributed by atoms with Crippen molar-refractivity contribution in [2.24, 2.45) is 5.41 Å². The molecule has 1 rings (SSSR count). The van der Waals surface area contributed by atoms with Gasteiger partial charge in [0.2, 0.25) is 0 Å². The summed E-state index contributed by atoms with van der Waals surface area (Å²) in [4.78, 5) is 22.2. The summed E-state index contributed by atoms with van der Waals surface area (Å²) in [6.45, 7) is 2.94. The third kappa shape index (κ3) is 2.36. The summed E-state index contributed by atoms with van der Waals surface area (Å²) in [6, 6.07) is 9.18. The van der Waals surface area contributed by atoms with E-state index in [0.29, 0.717) is 12.6 Å². The SMILES string of the molecule is CC(C)(O)C(C=O)(C=O)Cc1ccccc1. The maximum Gasteiger partial charge on any atom is 0.136 e. The van der Waals surface area contributed by atoms with E-state index in [1.54, 1.807) is 0 Å². The molecule has 3 heteroatoms. The molecule has 1 aromatic carbocycles. The molecule has 0 heterocycles. The van der Waals surface area contributed by atoms with Gasteiger partial charge < -0.3 is 14.7 Å². The van der Waals surface area contributed by atoms with Crippen molar-refractivity contribution in [3.05, 3.63) is 35.9 Å². The second-order valence-electron chi connectivity index (χ2n) is 4.50. The van der Waals surface area contributed by atoms with Gasteiger partial charge in [0, 0.05) is 0 Å². The quantitative estimate of drug-likeness (QED) is 0.602. The van der Waals surface area contributed by atoms with Gasteiger partial charge in [-0.15, -0.1) is 0 Å². The predicted octanol–water partition coefficient (Wildman–Crippen LogP) is 1.38. The van der Waals surface area contributed by atoms with Crippen LogP contribution in [0.25, 0.3) is 0 Å². The Kier molecular flexibility index (Phi) is 3.60. The molecule has 0 saturated carbocycles. The number of aldehydes is 2. The highest BCUT2D eigenvalue weighted by Crippen LogP contribution is 2.31. The van der Waals surface area contributed by atoms with Crippen LogP contribution in [0.2, 0.25) is 0 Å². The number of benzene rings is 1. The molecule has 3 nitrogen and oxygen atoms in total. The van der Waals surface area contributed by atoms with E-state index in [1.165, 1.54) is 13.8 Å². The summed E-state index contributed by atoms with van der Waals surface area (Å²) in [7, 11) is 0. The van der Waals surface area contributed by atoms with Crippen molar-refractivity contribution in [2.75, 3.05) is 0 Å². The third-order valence-corrected chi connectivity index (χ3v) is 2.90. The Morgan fingerprint density at radius 1 is 1.12 bits per heavy atom. The maximum absolute atomic E-state index is 11.1. The van der Waals surface area contributed by atoms with Gasteiger partial charge in [-0.2, -0.15) is 0 Å². The Labute approximate surface area is 95.1 Å². The van der Waals surface area contributed by atoms with Crippen LogP contribution in [0, 0.1) is 5.41 Å². The van der Waals surface area contributed by atoms with Gasteiger partial charge in [-0.25, -0.2) is 0 Å². The van der Waals surface area contributed by atoms with Crippen LogP contribution in [-0.4, -0.2) is 23.3 Å². The molecule has 0 aromatic heterocycles. The van der Waals surface area contributed by atoms with Crippen LogP contribution in [0.4, 0.5) is 0 Å². The molecule has 0 spiro atoms. The summed E-state index contributed by atoms with van der Waals surface area (Å²) in [5.74, 6) is 0. The lowest BCUT2D eigenvalue weighted by atomic mass is 9.72. The Morgan fingerprint density at radius 2 is 1.62 bits per heavy atom. The number of rotatable bonds is 5. The fourth-order valence-corrected chi connectivity index (χ4v) is 1.55. The van der Waals surface area contributed by atoms with E-state index in [0.717, 1.165) is 5.56 Å². The molecule has 0 saturated heterocycles. The number of carbonyl (C=O) groups excluding carboxylic acids is 2. The number of hydrogen-bond donors (Lipinski definition) is 1. The van der Waals surface area contributed by atoms with Crippen molar-refractivity contribution in [3.63, 3.8) is 0 Å². The average Bonchev–Trinajstić information content (AvgIpc) is 2.25. The Hall–Kier alpha value is -1.48. The van der Waals surface area contributed by atoms with Gasteiger partial charge >= 0.3 is 0 Å². The molecular formula is C13H16O3. The van der Waals surface area contributed by atoms with Crippen LogP contribution in [-0.2, 0) is 16.0 Å². The second-order valence-corrected chi connectivity index (χ2v) is 4.50. The van der Waals surface area contributed by atoms with Gasteiger partial charge in [0.05, 0.1) is 5.60 Å². The van der Waals surface area contributed by atoms with Crippen molar-refractivity contribution in [1.82, 2.24) is 0 Å². The van der Waals surface area contributed by atoms with Crippen molar-refractivity contribution in [1.29, 1.82) is 0 Å². The Bertz CT molecular complexity index is 355. The molecule has 0 aliphatic rings. The summed E-state index contributed by atoms with van der Waals surface area (Å²) in [5, 5.41) is 9.93. The second kappa shape index (κ2) is 4.58. The van der Waals surface area contributed by atoms with Gasteiger partial charge in [-0.05, 0) is 25.8 Å². The largest absolute Gasteiger partial charge is 0.389 e. The number of hydrogen-bond acceptors (Lipinski definition) is 3. The van der Waals surface area contributed by atoms with Crippen LogP contribution in [0.1, 0.15) is 19.4 Å². The highest BCUT2D eigenvalue weighted by molar-refractivity contribution is 5.86. The van der Waals surface area contributed by atoms with E-state index in [-0.39, 0.29) is 6.42 Å². The molecule has 0 amide bonds. The van der Waals surface area contributed by atoms with Crippen LogP contribution in [0.5, 0.6) is 0 Å². The summed E-state index contributed by atoms with van der Waals surface area (Å²) in [6.07, 6.45) is 1.28. The first-order chi connectivity index (χ1) is 7.45. The highest BCUT2D eigenvalue weighted by Gasteiger charge is 2.44. The standard InChI is InChI=1S/C13H16O3/c1-12(2,16)13(9-14,10-15)8-11-6-4-3-5-7-11/h3-7,9-10,16H,8H2,1-2H3. The first kappa shape index (κ1) is 12.6. The summed E-state index contributed by atoms with van der Waals surface area (Å²) >= 11 is 0. The molecule has 0 unspecified atom stereocenters.